The van der Waals surface area contributed by atoms with Crippen molar-refractivity contribution in [2.24, 2.45) is 0 Å². The maximum atomic E-state index is 12.3. The van der Waals surface area contributed by atoms with E-state index in [9.17, 15) is 13.2 Å². The molecule has 1 unspecified atom stereocenters. The van der Waals surface area contributed by atoms with Crippen LogP contribution in [0.5, 0.6) is 0 Å². The lowest BCUT2D eigenvalue weighted by molar-refractivity contribution is -0.120. The molecule has 0 aromatic heterocycles. The average molecular weight is 311 g/mol. The molecule has 0 aliphatic carbocycles. The molecule has 6 nitrogen and oxygen atoms in total. The van der Waals surface area contributed by atoms with Gasteiger partial charge in [0.2, 0.25) is 5.91 Å². The van der Waals surface area contributed by atoms with E-state index in [0.717, 1.165) is 5.56 Å². The summed E-state index contributed by atoms with van der Waals surface area (Å²) in [6, 6.07) is 5.00. The molecule has 1 aliphatic rings. The number of hydrogen-bond acceptors (Lipinski definition) is 5. The third-order valence-electron chi connectivity index (χ3n) is 3.94. The van der Waals surface area contributed by atoms with Gasteiger partial charge in [0.05, 0.1) is 17.5 Å². The minimum atomic E-state index is -2.94. The SMILES string of the molecule is Cc1c(N)cccc1NC(=O)C(C)N1CCS(=O)(=O)CC1. The van der Waals surface area contributed by atoms with Crippen LogP contribution in [0, 0.1) is 6.92 Å². The smallest absolute Gasteiger partial charge is 0.241 e. The molecular weight excluding hydrogens is 290 g/mol. The second-order valence-electron chi connectivity index (χ2n) is 5.37. The van der Waals surface area contributed by atoms with E-state index < -0.39 is 9.84 Å². The maximum Gasteiger partial charge on any atom is 0.241 e. The number of hydrogen-bond donors (Lipinski definition) is 2. The first-order valence-corrected chi connectivity index (χ1v) is 8.73. The van der Waals surface area contributed by atoms with Crippen LogP contribution in [0.3, 0.4) is 0 Å². The zero-order valence-corrected chi connectivity index (χ0v) is 13.1. The highest BCUT2D eigenvalue weighted by Gasteiger charge is 2.28. The summed E-state index contributed by atoms with van der Waals surface area (Å²) < 4.78 is 22.8. The predicted octanol–water partition coefficient (Wildman–Crippen LogP) is 0.635. The third-order valence-corrected chi connectivity index (χ3v) is 5.55. The summed E-state index contributed by atoms with van der Waals surface area (Å²) in [4.78, 5) is 14.2. The largest absolute Gasteiger partial charge is 0.398 e. The fourth-order valence-corrected chi connectivity index (χ4v) is 3.54. The Morgan fingerprint density at radius 2 is 1.95 bits per heavy atom. The van der Waals surface area contributed by atoms with Crippen molar-refractivity contribution in [2.75, 3.05) is 35.6 Å². The maximum absolute atomic E-state index is 12.3. The van der Waals surface area contributed by atoms with Crippen LogP contribution in [0.25, 0.3) is 0 Å². The number of anilines is 2. The van der Waals surface area contributed by atoms with E-state index in [4.69, 9.17) is 5.73 Å². The number of nitrogens with one attached hydrogen (secondary N) is 1. The molecular formula is C14H21N3O3S. The van der Waals surface area contributed by atoms with Crippen LogP contribution in [0.1, 0.15) is 12.5 Å². The van der Waals surface area contributed by atoms with Crippen molar-refractivity contribution in [3.63, 3.8) is 0 Å². The molecule has 1 amide bonds. The lowest BCUT2D eigenvalue weighted by Gasteiger charge is -2.31. The minimum Gasteiger partial charge on any atom is -0.398 e. The van der Waals surface area contributed by atoms with Crippen LogP contribution in [-0.2, 0) is 14.6 Å². The Hall–Kier alpha value is -1.60. The summed E-state index contributed by atoms with van der Waals surface area (Å²) in [5.74, 6) is 0.0761. The Kier molecular flexibility index (Phi) is 4.53. The van der Waals surface area contributed by atoms with Gasteiger partial charge in [0.25, 0.3) is 0 Å². The molecule has 1 heterocycles. The fourth-order valence-electron chi connectivity index (χ4n) is 2.31. The van der Waals surface area contributed by atoms with Gasteiger partial charge in [-0.3, -0.25) is 9.69 Å². The van der Waals surface area contributed by atoms with Crippen molar-refractivity contribution < 1.29 is 13.2 Å². The van der Waals surface area contributed by atoms with Gasteiger partial charge in [-0.25, -0.2) is 8.42 Å². The summed E-state index contributed by atoms with van der Waals surface area (Å²) in [7, 11) is -2.94. The first-order chi connectivity index (χ1) is 9.80. The first-order valence-electron chi connectivity index (χ1n) is 6.90. The van der Waals surface area contributed by atoms with Gasteiger partial charge >= 0.3 is 0 Å². The van der Waals surface area contributed by atoms with Crippen molar-refractivity contribution >= 4 is 27.1 Å². The van der Waals surface area contributed by atoms with E-state index in [2.05, 4.69) is 5.32 Å². The van der Waals surface area contributed by atoms with Gasteiger partial charge in [-0.1, -0.05) is 6.07 Å². The van der Waals surface area contributed by atoms with Crippen LogP contribution < -0.4 is 11.1 Å². The topological polar surface area (TPSA) is 92.5 Å². The number of nitrogens with two attached hydrogens (primary N) is 1. The molecule has 116 valence electrons. The van der Waals surface area contributed by atoms with Gasteiger partial charge in [-0.15, -0.1) is 0 Å². The highest BCUT2D eigenvalue weighted by atomic mass is 32.2. The van der Waals surface area contributed by atoms with E-state index in [1.165, 1.54) is 0 Å². The summed E-state index contributed by atoms with van der Waals surface area (Å²) in [6.45, 7) is 4.43. The van der Waals surface area contributed by atoms with Crippen molar-refractivity contribution in [2.45, 2.75) is 19.9 Å². The Bertz CT molecular complexity index is 629. The normalized spacial score (nSPS) is 19.9. The number of amides is 1. The molecule has 1 atom stereocenters. The first kappa shape index (κ1) is 15.8. The molecule has 7 heteroatoms. The Labute approximate surface area is 125 Å². The molecule has 1 fully saturated rings. The Morgan fingerprint density at radius 1 is 1.33 bits per heavy atom. The van der Waals surface area contributed by atoms with Crippen LogP contribution in [0.15, 0.2) is 18.2 Å². The number of carbonyl (C=O) groups excluding carboxylic acids is 1. The van der Waals surface area contributed by atoms with Crippen LogP contribution in [0.2, 0.25) is 0 Å². The molecule has 0 bridgehead atoms. The van der Waals surface area contributed by atoms with Gasteiger partial charge in [0, 0.05) is 24.5 Å². The molecule has 0 radical (unpaired) electrons. The summed E-state index contributed by atoms with van der Waals surface area (Å²) in [5.41, 5.74) is 7.97. The zero-order chi connectivity index (χ0) is 15.6. The zero-order valence-electron chi connectivity index (χ0n) is 12.3. The number of rotatable bonds is 3. The highest BCUT2D eigenvalue weighted by molar-refractivity contribution is 7.91. The van der Waals surface area contributed by atoms with Gasteiger partial charge in [0.1, 0.15) is 0 Å². The van der Waals surface area contributed by atoms with Gasteiger partial charge in [0.15, 0.2) is 9.84 Å². The van der Waals surface area contributed by atoms with E-state index in [-0.39, 0.29) is 23.5 Å². The summed E-state index contributed by atoms with van der Waals surface area (Å²) in [5, 5.41) is 2.86. The molecule has 0 spiro atoms. The highest BCUT2D eigenvalue weighted by Crippen LogP contribution is 2.21. The Morgan fingerprint density at radius 3 is 2.57 bits per heavy atom. The molecule has 1 aromatic carbocycles. The fraction of sp³-hybridized carbons (Fsp3) is 0.500. The molecule has 1 saturated heterocycles. The molecule has 3 N–H and O–H groups in total. The van der Waals surface area contributed by atoms with E-state index >= 15 is 0 Å². The van der Waals surface area contributed by atoms with Crippen LogP contribution >= 0.6 is 0 Å². The number of nitrogens with zero attached hydrogens (tertiary/aromatic N) is 1. The number of carbonyl (C=O) groups is 1. The van der Waals surface area contributed by atoms with Crippen molar-refractivity contribution in [1.82, 2.24) is 4.90 Å². The molecule has 1 aliphatic heterocycles. The summed E-state index contributed by atoms with van der Waals surface area (Å²) >= 11 is 0. The summed E-state index contributed by atoms with van der Waals surface area (Å²) in [6.07, 6.45) is 0. The molecule has 2 rings (SSSR count). The van der Waals surface area contributed by atoms with E-state index in [1.54, 1.807) is 25.1 Å². The van der Waals surface area contributed by atoms with Gasteiger partial charge < -0.3 is 11.1 Å². The van der Waals surface area contributed by atoms with E-state index in [0.29, 0.717) is 24.5 Å². The quantitative estimate of drug-likeness (QED) is 0.799. The lowest BCUT2D eigenvalue weighted by atomic mass is 10.1. The predicted molar refractivity (Wildman–Crippen MR) is 83.9 cm³/mol. The molecule has 21 heavy (non-hydrogen) atoms. The van der Waals surface area contributed by atoms with Crippen LogP contribution in [0.4, 0.5) is 11.4 Å². The standard InChI is InChI=1S/C14H21N3O3S/c1-10-12(15)4-3-5-13(10)16-14(18)11(2)17-6-8-21(19,20)9-7-17/h3-5,11H,6-9,15H2,1-2H3,(H,16,18). The van der Waals surface area contributed by atoms with Crippen molar-refractivity contribution in [3.8, 4) is 0 Å². The average Bonchev–Trinajstić information content (AvgIpc) is 2.43. The molecule has 0 saturated carbocycles. The van der Waals surface area contributed by atoms with Crippen molar-refractivity contribution in [1.29, 1.82) is 0 Å². The van der Waals surface area contributed by atoms with E-state index in [1.807, 2.05) is 11.8 Å². The van der Waals surface area contributed by atoms with Gasteiger partial charge in [-0.2, -0.15) is 0 Å². The Balaban J connectivity index is 2.02. The van der Waals surface area contributed by atoms with Crippen molar-refractivity contribution in [3.05, 3.63) is 23.8 Å². The monoisotopic (exact) mass is 311 g/mol. The van der Waals surface area contributed by atoms with Crippen LogP contribution in [-0.4, -0.2) is 49.9 Å². The second-order valence-corrected chi connectivity index (χ2v) is 7.68. The number of nitrogen functional groups attached to an aromatic ring is 1. The van der Waals surface area contributed by atoms with Gasteiger partial charge in [-0.05, 0) is 31.5 Å². The lowest BCUT2D eigenvalue weighted by Crippen LogP contribution is -2.49. The number of sulfone groups is 1. The molecule has 1 aromatic rings. The number of benzene rings is 1. The minimum absolute atomic E-state index is 0.113. The third kappa shape index (κ3) is 3.74. The second kappa shape index (κ2) is 6.03.